The van der Waals surface area contributed by atoms with Crippen molar-refractivity contribution in [1.82, 2.24) is 19.6 Å². The van der Waals surface area contributed by atoms with Gasteiger partial charge in [0, 0.05) is 0 Å². The molecule has 0 aliphatic rings. The van der Waals surface area contributed by atoms with Gasteiger partial charge in [0.25, 0.3) is 0 Å². The van der Waals surface area contributed by atoms with Crippen LogP contribution in [0, 0.1) is 6.92 Å². The lowest BCUT2D eigenvalue weighted by atomic mass is 10.4. The van der Waals surface area contributed by atoms with Crippen LogP contribution in [-0.2, 0) is 0 Å². The van der Waals surface area contributed by atoms with E-state index in [4.69, 9.17) is 5.11 Å². The maximum absolute atomic E-state index is 10.6. The van der Waals surface area contributed by atoms with E-state index in [1.54, 1.807) is 13.1 Å². The van der Waals surface area contributed by atoms with Crippen LogP contribution in [0.2, 0.25) is 0 Å². The minimum Gasteiger partial charge on any atom is -0.476 e. The Morgan fingerprint density at radius 3 is 3.08 bits per heavy atom. The summed E-state index contributed by atoms with van der Waals surface area (Å²) < 4.78 is 1.33. The molecule has 0 radical (unpaired) electrons. The summed E-state index contributed by atoms with van der Waals surface area (Å²) in [5.41, 5.74) is 0.860. The monoisotopic (exact) mass is 178 g/mol. The Morgan fingerprint density at radius 1 is 1.62 bits per heavy atom. The van der Waals surface area contributed by atoms with E-state index in [0.29, 0.717) is 5.69 Å². The third-order valence-electron chi connectivity index (χ3n) is 1.58. The van der Waals surface area contributed by atoms with Crippen LogP contribution in [0.1, 0.15) is 16.2 Å². The molecular formula is C7H6N4O2. The fraction of sp³-hybridized carbons (Fsp3) is 0.143. The topological polar surface area (TPSA) is 80.4 Å². The van der Waals surface area contributed by atoms with E-state index in [1.807, 2.05) is 0 Å². The van der Waals surface area contributed by atoms with Crippen LogP contribution in [0.15, 0.2) is 12.5 Å². The number of rotatable bonds is 1. The lowest BCUT2D eigenvalue weighted by Crippen LogP contribution is -2.01. The zero-order chi connectivity index (χ0) is 9.42. The zero-order valence-electron chi connectivity index (χ0n) is 6.80. The first-order chi connectivity index (χ1) is 6.18. The molecule has 2 rings (SSSR count). The summed E-state index contributed by atoms with van der Waals surface area (Å²) in [5, 5.41) is 12.6. The highest BCUT2D eigenvalue weighted by atomic mass is 16.4. The maximum Gasteiger partial charge on any atom is 0.358 e. The van der Waals surface area contributed by atoms with Gasteiger partial charge in [-0.1, -0.05) is 0 Å². The van der Waals surface area contributed by atoms with Crippen LogP contribution in [0.5, 0.6) is 0 Å². The third-order valence-corrected chi connectivity index (χ3v) is 1.58. The van der Waals surface area contributed by atoms with Gasteiger partial charge in [-0.3, -0.25) is 0 Å². The quantitative estimate of drug-likeness (QED) is 0.671. The van der Waals surface area contributed by atoms with Gasteiger partial charge in [-0.15, -0.1) is 0 Å². The number of carboxylic acids is 1. The summed E-state index contributed by atoms with van der Waals surface area (Å²) in [7, 11) is 0. The second kappa shape index (κ2) is 2.51. The van der Waals surface area contributed by atoms with Gasteiger partial charge < -0.3 is 5.11 Å². The molecule has 2 aromatic heterocycles. The molecule has 0 aromatic carbocycles. The second-order valence-corrected chi connectivity index (χ2v) is 2.56. The lowest BCUT2D eigenvalue weighted by molar-refractivity contribution is 0.0693. The van der Waals surface area contributed by atoms with Gasteiger partial charge >= 0.3 is 5.97 Å². The summed E-state index contributed by atoms with van der Waals surface area (Å²) in [5.74, 6) is -1.10. The smallest absolute Gasteiger partial charge is 0.358 e. The van der Waals surface area contributed by atoms with Crippen LogP contribution < -0.4 is 0 Å². The van der Waals surface area contributed by atoms with Crippen molar-refractivity contribution >= 4 is 11.6 Å². The number of hydrogen-bond donors (Lipinski definition) is 1. The zero-order valence-corrected chi connectivity index (χ0v) is 6.80. The van der Waals surface area contributed by atoms with Crippen molar-refractivity contribution in [1.29, 1.82) is 0 Å². The van der Waals surface area contributed by atoms with E-state index in [1.165, 1.54) is 10.8 Å². The molecule has 2 aromatic rings. The van der Waals surface area contributed by atoms with E-state index in [2.05, 4.69) is 15.1 Å². The Morgan fingerprint density at radius 2 is 2.38 bits per heavy atom. The predicted octanol–water partition coefficient (Wildman–Crippen LogP) is 0.131. The predicted molar refractivity (Wildman–Crippen MR) is 42.5 cm³/mol. The first-order valence-electron chi connectivity index (χ1n) is 3.59. The highest BCUT2D eigenvalue weighted by molar-refractivity contribution is 5.91. The number of fused-ring (bicyclic) bond motifs is 1. The molecule has 0 aliphatic carbocycles. The fourth-order valence-electron chi connectivity index (χ4n) is 1.01. The molecule has 66 valence electrons. The van der Waals surface area contributed by atoms with Crippen molar-refractivity contribution in [3.63, 3.8) is 0 Å². The minimum absolute atomic E-state index is 0.0730. The Balaban J connectivity index is 2.79. The number of aryl methyl sites for hydroxylation is 1. The number of nitrogens with zero attached hydrogens (tertiary/aromatic N) is 4. The number of aromatic nitrogens is 4. The Labute approximate surface area is 72.9 Å². The molecule has 1 N–H and O–H groups in total. The molecule has 0 unspecified atom stereocenters. The Hall–Kier alpha value is -1.98. The van der Waals surface area contributed by atoms with Crippen molar-refractivity contribution in [2.24, 2.45) is 0 Å². The van der Waals surface area contributed by atoms with Crippen molar-refractivity contribution in [2.75, 3.05) is 0 Å². The maximum atomic E-state index is 10.6. The third kappa shape index (κ3) is 1.12. The molecule has 0 amide bonds. The molecule has 0 aliphatic heterocycles. The van der Waals surface area contributed by atoms with Crippen LogP contribution >= 0.6 is 0 Å². The van der Waals surface area contributed by atoms with Crippen molar-refractivity contribution in [2.45, 2.75) is 6.92 Å². The largest absolute Gasteiger partial charge is 0.476 e. The van der Waals surface area contributed by atoms with Crippen molar-refractivity contribution < 1.29 is 9.90 Å². The highest BCUT2D eigenvalue weighted by Gasteiger charge is 2.13. The molecule has 0 atom stereocenters. The van der Waals surface area contributed by atoms with Gasteiger partial charge in [0.2, 0.25) is 0 Å². The number of hydrogen-bond acceptors (Lipinski definition) is 4. The minimum atomic E-state index is -1.10. The van der Waals surface area contributed by atoms with Crippen molar-refractivity contribution in [3.05, 3.63) is 23.9 Å². The SMILES string of the molecule is Cc1cnn2cnc(C(=O)O)c2n1. The summed E-state index contributed by atoms with van der Waals surface area (Å²) in [6.45, 7) is 1.74. The second-order valence-electron chi connectivity index (χ2n) is 2.56. The van der Waals surface area contributed by atoms with Gasteiger partial charge in [0.1, 0.15) is 6.33 Å². The van der Waals surface area contributed by atoms with Gasteiger partial charge in [-0.25, -0.2) is 19.3 Å². The normalized spacial score (nSPS) is 10.5. The van der Waals surface area contributed by atoms with Crippen molar-refractivity contribution in [3.8, 4) is 0 Å². The summed E-state index contributed by atoms with van der Waals surface area (Å²) in [6.07, 6.45) is 2.87. The number of carboxylic acid groups (broad SMARTS) is 1. The standard InChI is InChI=1S/C7H6N4O2/c1-4-2-9-11-3-8-5(7(12)13)6(11)10-4/h2-3H,1H3,(H,12,13). The summed E-state index contributed by atoms with van der Waals surface area (Å²) in [4.78, 5) is 18.3. The van der Waals surface area contributed by atoms with E-state index < -0.39 is 5.97 Å². The summed E-state index contributed by atoms with van der Waals surface area (Å²) in [6, 6.07) is 0. The molecule has 2 heterocycles. The molecule has 0 saturated carbocycles. The van der Waals surface area contributed by atoms with Crippen LogP contribution in [-0.4, -0.2) is 30.7 Å². The van der Waals surface area contributed by atoms with Gasteiger partial charge in [0.15, 0.2) is 11.3 Å². The lowest BCUT2D eigenvalue weighted by Gasteiger charge is -1.93. The van der Waals surface area contributed by atoms with Gasteiger partial charge in [-0.2, -0.15) is 5.10 Å². The Kier molecular flexibility index (Phi) is 1.48. The molecule has 0 spiro atoms. The molecular weight excluding hydrogens is 172 g/mol. The summed E-state index contributed by atoms with van der Waals surface area (Å²) >= 11 is 0. The fourth-order valence-corrected chi connectivity index (χ4v) is 1.01. The molecule has 6 heteroatoms. The highest BCUT2D eigenvalue weighted by Crippen LogP contribution is 2.04. The van der Waals surface area contributed by atoms with Crippen LogP contribution in [0.3, 0.4) is 0 Å². The average molecular weight is 178 g/mol. The molecule has 0 fully saturated rings. The molecule has 13 heavy (non-hydrogen) atoms. The van der Waals surface area contributed by atoms with Crippen LogP contribution in [0.4, 0.5) is 0 Å². The van der Waals surface area contributed by atoms with Gasteiger partial charge in [0.05, 0.1) is 11.9 Å². The molecule has 0 bridgehead atoms. The first kappa shape index (κ1) is 7.66. The average Bonchev–Trinajstić information content (AvgIpc) is 2.46. The Bertz CT molecular complexity index is 476. The van der Waals surface area contributed by atoms with E-state index >= 15 is 0 Å². The number of carbonyl (C=O) groups is 1. The number of imidazole rings is 1. The first-order valence-corrected chi connectivity index (χ1v) is 3.59. The van der Waals surface area contributed by atoms with Gasteiger partial charge in [-0.05, 0) is 6.92 Å². The van der Waals surface area contributed by atoms with E-state index in [0.717, 1.165) is 0 Å². The van der Waals surface area contributed by atoms with E-state index in [-0.39, 0.29) is 11.3 Å². The van der Waals surface area contributed by atoms with E-state index in [9.17, 15) is 4.79 Å². The van der Waals surface area contributed by atoms with Crippen LogP contribution in [0.25, 0.3) is 5.65 Å². The molecule has 0 saturated heterocycles. The molecule has 6 nitrogen and oxygen atoms in total. The number of aromatic carboxylic acids is 1.